The maximum absolute atomic E-state index is 13.9. The number of rotatable bonds is 4. The highest BCUT2D eigenvalue weighted by atomic mass is 32.2. The number of benzene rings is 1. The van der Waals surface area contributed by atoms with Crippen molar-refractivity contribution in [1.82, 2.24) is 14.8 Å². The molecule has 1 fully saturated rings. The number of hydrogen-bond acceptors (Lipinski definition) is 4. The Balaban J connectivity index is 2.00. The molecule has 0 atom stereocenters. The molecule has 3 rings (SSSR count). The smallest absolute Gasteiger partial charge is 0.326 e. The minimum Gasteiger partial charge on any atom is -0.326 e. The molecular weight excluding hydrogens is 267 g/mol. The lowest BCUT2D eigenvalue weighted by Gasteiger charge is -2.08. The van der Waals surface area contributed by atoms with Gasteiger partial charge >= 0.3 is 5.69 Å². The van der Waals surface area contributed by atoms with Gasteiger partial charge in [0.25, 0.3) is 0 Å². The molecule has 1 aliphatic rings. The molecule has 1 aromatic carbocycles. The van der Waals surface area contributed by atoms with E-state index in [4.69, 9.17) is 5.73 Å². The molecule has 1 heterocycles. The highest BCUT2D eigenvalue weighted by molar-refractivity contribution is 7.99. The van der Waals surface area contributed by atoms with Gasteiger partial charge in [0.15, 0.2) is 5.16 Å². The van der Waals surface area contributed by atoms with Gasteiger partial charge in [-0.2, -0.15) is 0 Å². The molecule has 0 saturated heterocycles. The van der Waals surface area contributed by atoms with Gasteiger partial charge in [-0.05, 0) is 36.2 Å². The van der Waals surface area contributed by atoms with E-state index in [9.17, 15) is 9.18 Å². The standard InChI is InChI=1S/C12H13FN4OS/c13-9-3-1-2-7(6-14)10(9)19-12-16-15-11(18)17(12)8-4-5-8/h1-3,8H,4-6,14H2,(H,15,18). The van der Waals surface area contributed by atoms with Crippen molar-refractivity contribution in [2.45, 2.75) is 35.5 Å². The van der Waals surface area contributed by atoms with Gasteiger partial charge in [0, 0.05) is 12.6 Å². The molecule has 0 bridgehead atoms. The second-order valence-electron chi connectivity index (χ2n) is 4.45. The predicted molar refractivity (Wildman–Crippen MR) is 69.5 cm³/mol. The van der Waals surface area contributed by atoms with E-state index in [1.807, 2.05) is 0 Å². The van der Waals surface area contributed by atoms with Crippen molar-refractivity contribution in [2.75, 3.05) is 0 Å². The zero-order valence-corrected chi connectivity index (χ0v) is 10.9. The van der Waals surface area contributed by atoms with Crippen molar-refractivity contribution in [3.05, 3.63) is 40.1 Å². The highest BCUT2D eigenvalue weighted by Gasteiger charge is 2.29. The number of aromatic amines is 1. The summed E-state index contributed by atoms with van der Waals surface area (Å²) in [6, 6.07) is 4.98. The highest BCUT2D eigenvalue weighted by Crippen LogP contribution is 2.38. The van der Waals surface area contributed by atoms with E-state index in [2.05, 4.69) is 10.2 Å². The molecule has 0 spiro atoms. The van der Waals surface area contributed by atoms with Crippen LogP contribution in [0, 0.1) is 5.82 Å². The molecule has 19 heavy (non-hydrogen) atoms. The van der Waals surface area contributed by atoms with Crippen molar-refractivity contribution in [2.24, 2.45) is 5.73 Å². The van der Waals surface area contributed by atoms with Crippen LogP contribution in [0.1, 0.15) is 24.4 Å². The Morgan fingerprint density at radius 1 is 1.53 bits per heavy atom. The molecule has 7 heteroatoms. The zero-order chi connectivity index (χ0) is 13.4. The molecule has 0 unspecified atom stereocenters. The second-order valence-corrected chi connectivity index (χ2v) is 5.42. The molecule has 1 saturated carbocycles. The third kappa shape index (κ3) is 2.31. The largest absolute Gasteiger partial charge is 0.344 e. The minimum absolute atomic E-state index is 0.196. The van der Waals surface area contributed by atoms with Crippen LogP contribution in [-0.2, 0) is 6.54 Å². The Morgan fingerprint density at radius 2 is 2.32 bits per heavy atom. The first-order valence-electron chi connectivity index (χ1n) is 6.03. The summed E-state index contributed by atoms with van der Waals surface area (Å²) in [6.07, 6.45) is 1.93. The Labute approximate surface area is 113 Å². The van der Waals surface area contributed by atoms with E-state index in [0.717, 1.165) is 24.6 Å². The molecule has 0 amide bonds. The Morgan fingerprint density at radius 3 is 3.00 bits per heavy atom. The number of aromatic nitrogens is 3. The van der Waals surface area contributed by atoms with Gasteiger partial charge in [-0.25, -0.2) is 14.3 Å². The number of halogens is 1. The van der Waals surface area contributed by atoms with Crippen LogP contribution in [0.3, 0.4) is 0 Å². The predicted octanol–water partition coefficient (Wildman–Crippen LogP) is 1.66. The van der Waals surface area contributed by atoms with Crippen LogP contribution in [0.25, 0.3) is 0 Å². The first-order valence-corrected chi connectivity index (χ1v) is 6.84. The fraction of sp³-hybridized carbons (Fsp3) is 0.333. The average molecular weight is 280 g/mol. The van der Waals surface area contributed by atoms with Gasteiger partial charge in [0.2, 0.25) is 0 Å². The summed E-state index contributed by atoms with van der Waals surface area (Å²) in [7, 11) is 0. The molecule has 1 aliphatic carbocycles. The zero-order valence-electron chi connectivity index (χ0n) is 10.1. The lowest BCUT2D eigenvalue weighted by molar-refractivity contribution is 0.594. The van der Waals surface area contributed by atoms with Gasteiger partial charge in [-0.15, -0.1) is 5.10 Å². The molecular formula is C12H13FN4OS. The molecule has 1 aromatic heterocycles. The fourth-order valence-electron chi connectivity index (χ4n) is 1.94. The number of nitrogens with one attached hydrogen (secondary N) is 1. The first-order chi connectivity index (χ1) is 9.20. The van der Waals surface area contributed by atoms with Crippen LogP contribution in [-0.4, -0.2) is 14.8 Å². The van der Waals surface area contributed by atoms with Crippen molar-refractivity contribution >= 4 is 11.8 Å². The van der Waals surface area contributed by atoms with Crippen molar-refractivity contribution in [1.29, 1.82) is 0 Å². The monoisotopic (exact) mass is 280 g/mol. The average Bonchev–Trinajstić information content (AvgIpc) is 3.17. The number of nitrogens with zero attached hydrogens (tertiary/aromatic N) is 2. The van der Waals surface area contributed by atoms with Crippen LogP contribution < -0.4 is 11.4 Å². The number of hydrogen-bond donors (Lipinski definition) is 2. The third-order valence-electron chi connectivity index (χ3n) is 3.05. The topological polar surface area (TPSA) is 76.7 Å². The molecule has 2 aromatic rings. The van der Waals surface area contributed by atoms with E-state index in [1.165, 1.54) is 6.07 Å². The minimum atomic E-state index is -0.342. The third-order valence-corrected chi connectivity index (χ3v) is 4.18. The summed E-state index contributed by atoms with van der Waals surface area (Å²) in [5, 5.41) is 6.88. The van der Waals surface area contributed by atoms with Crippen LogP contribution in [0.5, 0.6) is 0 Å². The Bertz CT molecular complexity index is 662. The second kappa shape index (κ2) is 4.82. The summed E-state index contributed by atoms with van der Waals surface area (Å²) in [5.74, 6) is -0.342. The summed E-state index contributed by atoms with van der Waals surface area (Å²) >= 11 is 1.15. The number of H-pyrrole nitrogens is 1. The lowest BCUT2D eigenvalue weighted by Crippen LogP contribution is -2.16. The normalized spacial score (nSPS) is 14.8. The first kappa shape index (κ1) is 12.4. The summed E-state index contributed by atoms with van der Waals surface area (Å²) in [4.78, 5) is 12.1. The molecule has 0 aliphatic heterocycles. The van der Waals surface area contributed by atoms with Crippen LogP contribution in [0.15, 0.2) is 33.0 Å². The Hall–Kier alpha value is -1.60. The van der Waals surface area contributed by atoms with E-state index < -0.39 is 0 Å². The lowest BCUT2D eigenvalue weighted by atomic mass is 10.2. The quantitative estimate of drug-likeness (QED) is 0.893. The Kier molecular flexibility index (Phi) is 3.16. The van der Waals surface area contributed by atoms with Crippen molar-refractivity contribution in [3.63, 3.8) is 0 Å². The summed E-state index contributed by atoms with van der Waals surface area (Å²) in [5.41, 5.74) is 6.08. The van der Waals surface area contributed by atoms with Gasteiger partial charge in [0.1, 0.15) is 5.82 Å². The molecule has 0 radical (unpaired) electrons. The van der Waals surface area contributed by atoms with E-state index in [1.54, 1.807) is 16.7 Å². The SMILES string of the molecule is NCc1cccc(F)c1Sc1n[nH]c(=O)n1C1CC1. The van der Waals surface area contributed by atoms with Crippen molar-refractivity contribution < 1.29 is 4.39 Å². The van der Waals surface area contributed by atoms with E-state index in [-0.39, 0.29) is 24.1 Å². The molecule has 100 valence electrons. The van der Waals surface area contributed by atoms with Gasteiger partial charge in [-0.3, -0.25) is 4.57 Å². The molecule has 3 N–H and O–H groups in total. The van der Waals surface area contributed by atoms with Crippen LogP contribution >= 0.6 is 11.8 Å². The van der Waals surface area contributed by atoms with Crippen molar-refractivity contribution in [3.8, 4) is 0 Å². The fourth-order valence-corrected chi connectivity index (χ4v) is 2.99. The summed E-state index contributed by atoms with van der Waals surface area (Å²) in [6.45, 7) is 0.248. The number of nitrogens with two attached hydrogens (primary N) is 1. The van der Waals surface area contributed by atoms with Crippen LogP contribution in [0.4, 0.5) is 4.39 Å². The van der Waals surface area contributed by atoms with E-state index in [0.29, 0.717) is 15.6 Å². The summed E-state index contributed by atoms with van der Waals surface area (Å²) < 4.78 is 15.5. The van der Waals surface area contributed by atoms with Crippen LogP contribution in [0.2, 0.25) is 0 Å². The molecule has 5 nitrogen and oxygen atoms in total. The van der Waals surface area contributed by atoms with Gasteiger partial charge in [0.05, 0.1) is 4.90 Å². The van der Waals surface area contributed by atoms with Gasteiger partial charge < -0.3 is 5.73 Å². The van der Waals surface area contributed by atoms with E-state index >= 15 is 0 Å². The maximum atomic E-state index is 13.9. The maximum Gasteiger partial charge on any atom is 0.344 e. The van der Waals surface area contributed by atoms with Gasteiger partial charge in [-0.1, -0.05) is 12.1 Å².